The van der Waals surface area contributed by atoms with Crippen molar-refractivity contribution in [3.63, 3.8) is 0 Å². The van der Waals surface area contributed by atoms with E-state index in [-0.39, 0.29) is 12.2 Å². The van der Waals surface area contributed by atoms with Crippen LogP contribution in [0.15, 0.2) is 0 Å². The van der Waals surface area contributed by atoms with Gasteiger partial charge >= 0.3 is 0 Å². The standard InChI is InChI=1S/C16H30N2O/c1-5-8-14-16(19)18(12(4)17-14)15-10-7-6-9-13(15)11(2)3/h11-15,17H,5-10H2,1-4H3. The number of amides is 1. The van der Waals surface area contributed by atoms with Crippen molar-refractivity contribution < 1.29 is 4.79 Å². The fourth-order valence-corrected chi connectivity index (χ4v) is 4.02. The van der Waals surface area contributed by atoms with Crippen LogP contribution in [-0.2, 0) is 4.79 Å². The molecular formula is C16H30N2O. The number of carbonyl (C=O) groups is 1. The van der Waals surface area contributed by atoms with Gasteiger partial charge in [-0.05, 0) is 38.0 Å². The molecule has 0 bridgehead atoms. The number of rotatable bonds is 4. The Kier molecular flexibility index (Phi) is 4.88. The summed E-state index contributed by atoms with van der Waals surface area (Å²) in [5, 5.41) is 3.49. The molecule has 0 spiro atoms. The average molecular weight is 266 g/mol. The first-order valence-corrected chi connectivity index (χ1v) is 8.14. The van der Waals surface area contributed by atoms with E-state index in [1.54, 1.807) is 0 Å². The van der Waals surface area contributed by atoms with Crippen molar-refractivity contribution in [3.05, 3.63) is 0 Å². The molecule has 0 aromatic heterocycles. The van der Waals surface area contributed by atoms with Gasteiger partial charge in [-0.25, -0.2) is 0 Å². The lowest BCUT2D eigenvalue weighted by Crippen LogP contribution is -2.49. The summed E-state index contributed by atoms with van der Waals surface area (Å²) in [7, 11) is 0. The molecule has 1 heterocycles. The van der Waals surface area contributed by atoms with Crippen molar-refractivity contribution in [2.45, 2.75) is 84.5 Å². The lowest BCUT2D eigenvalue weighted by molar-refractivity contribution is -0.134. The molecule has 1 aliphatic carbocycles. The lowest BCUT2D eigenvalue weighted by Gasteiger charge is -2.41. The second-order valence-corrected chi connectivity index (χ2v) is 6.69. The maximum atomic E-state index is 12.6. The Morgan fingerprint density at radius 2 is 2.00 bits per heavy atom. The molecule has 0 aromatic carbocycles. The van der Waals surface area contributed by atoms with Gasteiger partial charge in [-0.2, -0.15) is 0 Å². The molecule has 2 fully saturated rings. The maximum Gasteiger partial charge on any atom is 0.241 e. The SMILES string of the molecule is CCCC1NC(C)N(C2CCCCC2C(C)C)C1=O. The summed E-state index contributed by atoms with van der Waals surface area (Å²) in [6.45, 7) is 8.93. The zero-order valence-electron chi connectivity index (χ0n) is 13.0. The Balaban J connectivity index is 2.12. The molecule has 2 rings (SSSR count). The first-order valence-electron chi connectivity index (χ1n) is 8.14. The van der Waals surface area contributed by atoms with Crippen LogP contribution in [0.4, 0.5) is 0 Å². The number of nitrogens with zero attached hydrogens (tertiary/aromatic N) is 1. The zero-order valence-corrected chi connectivity index (χ0v) is 13.0. The van der Waals surface area contributed by atoms with Crippen molar-refractivity contribution >= 4 is 5.91 Å². The second-order valence-electron chi connectivity index (χ2n) is 6.69. The van der Waals surface area contributed by atoms with Gasteiger partial charge < -0.3 is 4.90 Å². The van der Waals surface area contributed by atoms with Gasteiger partial charge in [-0.1, -0.05) is 40.0 Å². The van der Waals surface area contributed by atoms with E-state index in [4.69, 9.17) is 0 Å². The highest BCUT2D eigenvalue weighted by Crippen LogP contribution is 2.36. The van der Waals surface area contributed by atoms with Crippen molar-refractivity contribution in [1.82, 2.24) is 10.2 Å². The van der Waals surface area contributed by atoms with E-state index in [9.17, 15) is 4.79 Å². The van der Waals surface area contributed by atoms with E-state index in [1.165, 1.54) is 25.7 Å². The van der Waals surface area contributed by atoms with E-state index in [0.29, 0.717) is 23.8 Å². The Labute approximate surface area is 118 Å². The monoisotopic (exact) mass is 266 g/mol. The first kappa shape index (κ1) is 14.8. The molecule has 19 heavy (non-hydrogen) atoms. The summed E-state index contributed by atoms with van der Waals surface area (Å²) in [4.78, 5) is 14.8. The minimum Gasteiger partial charge on any atom is -0.323 e. The predicted octanol–water partition coefficient (Wildman–Crippen LogP) is 3.15. The minimum atomic E-state index is 0.0646. The molecule has 1 aliphatic heterocycles. The molecule has 1 saturated carbocycles. The Morgan fingerprint density at radius 1 is 1.32 bits per heavy atom. The summed E-state index contributed by atoms with van der Waals surface area (Å²) in [5.74, 6) is 1.71. The highest BCUT2D eigenvalue weighted by Gasteiger charge is 2.43. The molecule has 1 saturated heterocycles. The third kappa shape index (κ3) is 2.96. The van der Waals surface area contributed by atoms with Crippen LogP contribution in [0.2, 0.25) is 0 Å². The van der Waals surface area contributed by atoms with Crippen molar-refractivity contribution in [2.75, 3.05) is 0 Å². The van der Waals surface area contributed by atoms with Gasteiger partial charge in [0.25, 0.3) is 0 Å². The van der Waals surface area contributed by atoms with E-state index in [2.05, 4.69) is 37.9 Å². The van der Waals surface area contributed by atoms with Crippen molar-refractivity contribution in [1.29, 1.82) is 0 Å². The molecule has 3 heteroatoms. The molecule has 1 amide bonds. The molecule has 0 radical (unpaired) electrons. The van der Waals surface area contributed by atoms with Crippen LogP contribution >= 0.6 is 0 Å². The number of nitrogens with one attached hydrogen (secondary N) is 1. The normalized spacial score (nSPS) is 36.3. The maximum absolute atomic E-state index is 12.6. The summed E-state index contributed by atoms with van der Waals surface area (Å²) in [5.41, 5.74) is 0. The quantitative estimate of drug-likeness (QED) is 0.848. The van der Waals surface area contributed by atoms with Crippen molar-refractivity contribution in [3.8, 4) is 0 Å². The van der Waals surface area contributed by atoms with Gasteiger partial charge in [0.2, 0.25) is 5.91 Å². The largest absolute Gasteiger partial charge is 0.323 e. The van der Waals surface area contributed by atoms with Gasteiger partial charge in [0.05, 0.1) is 12.2 Å². The van der Waals surface area contributed by atoms with Crippen LogP contribution < -0.4 is 5.32 Å². The van der Waals surface area contributed by atoms with E-state index >= 15 is 0 Å². The smallest absolute Gasteiger partial charge is 0.241 e. The van der Waals surface area contributed by atoms with Gasteiger partial charge in [0.1, 0.15) is 0 Å². The highest BCUT2D eigenvalue weighted by molar-refractivity contribution is 5.84. The molecule has 1 N–H and O–H groups in total. The third-order valence-electron chi connectivity index (χ3n) is 4.98. The molecule has 2 aliphatic rings. The van der Waals surface area contributed by atoms with Crippen LogP contribution in [0.3, 0.4) is 0 Å². The van der Waals surface area contributed by atoms with Crippen LogP contribution in [0.25, 0.3) is 0 Å². The fraction of sp³-hybridized carbons (Fsp3) is 0.938. The highest BCUT2D eigenvalue weighted by atomic mass is 16.2. The summed E-state index contributed by atoms with van der Waals surface area (Å²) in [6.07, 6.45) is 7.36. The Bertz CT molecular complexity index is 316. The Hall–Kier alpha value is -0.570. The molecular weight excluding hydrogens is 236 g/mol. The molecule has 3 nitrogen and oxygen atoms in total. The number of hydrogen-bond acceptors (Lipinski definition) is 2. The second kappa shape index (κ2) is 6.25. The minimum absolute atomic E-state index is 0.0646. The van der Waals surface area contributed by atoms with Gasteiger partial charge in [0.15, 0.2) is 0 Å². The van der Waals surface area contributed by atoms with Crippen LogP contribution in [0.5, 0.6) is 0 Å². The number of hydrogen-bond donors (Lipinski definition) is 1. The van der Waals surface area contributed by atoms with Gasteiger partial charge in [0, 0.05) is 6.04 Å². The topological polar surface area (TPSA) is 32.3 Å². The van der Waals surface area contributed by atoms with Crippen LogP contribution in [-0.4, -0.2) is 29.1 Å². The summed E-state index contributed by atoms with van der Waals surface area (Å²) >= 11 is 0. The zero-order chi connectivity index (χ0) is 14.0. The molecule has 4 atom stereocenters. The fourth-order valence-electron chi connectivity index (χ4n) is 4.02. The summed E-state index contributed by atoms with van der Waals surface area (Å²) in [6, 6.07) is 0.528. The third-order valence-corrected chi connectivity index (χ3v) is 4.98. The predicted molar refractivity (Wildman–Crippen MR) is 78.7 cm³/mol. The van der Waals surface area contributed by atoms with E-state index in [1.807, 2.05) is 0 Å². The lowest BCUT2D eigenvalue weighted by atomic mass is 9.77. The van der Waals surface area contributed by atoms with Gasteiger partial charge in [-0.15, -0.1) is 0 Å². The van der Waals surface area contributed by atoms with Gasteiger partial charge in [-0.3, -0.25) is 10.1 Å². The summed E-state index contributed by atoms with van der Waals surface area (Å²) < 4.78 is 0. The average Bonchev–Trinajstić information content (AvgIpc) is 2.65. The van der Waals surface area contributed by atoms with Crippen LogP contribution in [0, 0.1) is 11.8 Å². The van der Waals surface area contributed by atoms with Crippen molar-refractivity contribution in [2.24, 2.45) is 11.8 Å². The molecule has 4 unspecified atom stereocenters. The van der Waals surface area contributed by atoms with Crippen LogP contribution in [0.1, 0.15) is 66.2 Å². The van der Waals surface area contributed by atoms with E-state index in [0.717, 1.165) is 12.8 Å². The first-order chi connectivity index (χ1) is 9.06. The molecule has 110 valence electrons. The molecule has 0 aromatic rings. The number of carbonyl (C=O) groups excluding carboxylic acids is 1. The van der Waals surface area contributed by atoms with E-state index < -0.39 is 0 Å². The Morgan fingerprint density at radius 3 is 2.63 bits per heavy atom.